The van der Waals surface area contributed by atoms with Gasteiger partial charge in [0, 0.05) is 35.6 Å². The molecule has 122 valence electrons. The quantitative estimate of drug-likeness (QED) is 0.681. The van der Waals surface area contributed by atoms with E-state index < -0.39 is 0 Å². The Morgan fingerprint density at radius 1 is 1.17 bits per heavy atom. The zero-order valence-corrected chi connectivity index (χ0v) is 14.3. The predicted molar refractivity (Wildman–Crippen MR) is 96.1 cm³/mol. The van der Waals surface area contributed by atoms with Crippen LogP contribution in [0.2, 0.25) is 0 Å². The van der Waals surface area contributed by atoms with E-state index in [-0.39, 0.29) is 11.3 Å². The van der Waals surface area contributed by atoms with Gasteiger partial charge in [-0.05, 0) is 36.2 Å². The van der Waals surface area contributed by atoms with E-state index in [9.17, 15) is 4.79 Å². The monoisotopic (exact) mass is 319 g/mol. The maximum Gasteiger partial charge on any atom is 0.232 e. The van der Waals surface area contributed by atoms with Gasteiger partial charge in [-0.25, -0.2) is 4.98 Å². The second-order valence-corrected chi connectivity index (χ2v) is 7.39. The number of rotatable bonds is 1. The number of carbonyl (C=O) groups excluding carboxylic acids is 1. The summed E-state index contributed by atoms with van der Waals surface area (Å²) in [4.78, 5) is 19.2. The Balaban J connectivity index is 1.71. The van der Waals surface area contributed by atoms with Crippen LogP contribution >= 0.6 is 0 Å². The molecule has 0 aliphatic carbocycles. The molecular formula is C20H21N3O. The van der Waals surface area contributed by atoms with Crippen LogP contribution in [-0.2, 0) is 11.2 Å². The zero-order valence-electron chi connectivity index (χ0n) is 14.3. The van der Waals surface area contributed by atoms with Gasteiger partial charge >= 0.3 is 0 Å². The Bertz CT molecular complexity index is 900. The van der Waals surface area contributed by atoms with Crippen LogP contribution in [0.15, 0.2) is 48.8 Å². The summed E-state index contributed by atoms with van der Waals surface area (Å²) in [5.74, 6) is 0.182. The van der Waals surface area contributed by atoms with Crippen LogP contribution in [0.1, 0.15) is 26.3 Å². The molecule has 0 fully saturated rings. The lowest BCUT2D eigenvalue weighted by Gasteiger charge is -2.26. The van der Waals surface area contributed by atoms with Crippen molar-refractivity contribution in [2.45, 2.75) is 27.2 Å². The molecule has 1 aliphatic heterocycles. The van der Waals surface area contributed by atoms with Crippen LogP contribution in [0.25, 0.3) is 16.9 Å². The topological polar surface area (TPSA) is 37.6 Å². The number of imidazole rings is 1. The van der Waals surface area contributed by atoms with E-state index in [1.165, 1.54) is 5.56 Å². The lowest BCUT2D eigenvalue weighted by molar-refractivity contribution is -0.125. The predicted octanol–water partition coefficient (Wildman–Crippen LogP) is 3.94. The highest BCUT2D eigenvalue weighted by Gasteiger charge is 2.32. The maximum atomic E-state index is 12.6. The first-order valence-corrected chi connectivity index (χ1v) is 8.32. The zero-order chi connectivity index (χ0) is 16.9. The van der Waals surface area contributed by atoms with E-state index in [0.717, 1.165) is 35.6 Å². The van der Waals surface area contributed by atoms with Crippen molar-refractivity contribution < 1.29 is 4.79 Å². The number of hydrogen-bond donors (Lipinski definition) is 0. The van der Waals surface area contributed by atoms with Gasteiger partial charge in [0.25, 0.3) is 0 Å². The average molecular weight is 319 g/mol. The van der Waals surface area contributed by atoms with E-state index in [1.54, 1.807) is 0 Å². The number of pyridine rings is 1. The van der Waals surface area contributed by atoms with Crippen molar-refractivity contribution in [3.8, 4) is 11.3 Å². The van der Waals surface area contributed by atoms with E-state index in [1.807, 2.05) is 60.7 Å². The highest BCUT2D eigenvalue weighted by atomic mass is 16.2. The average Bonchev–Trinajstić information content (AvgIpc) is 3.16. The van der Waals surface area contributed by atoms with Gasteiger partial charge < -0.3 is 9.30 Å². The first-order chi connectivity index (χ1) is 11.4. The third kappa shape index (κ3) is 2.39. The van der Waals surface area contributed by atoms with Gasteiger partial charge in [-0.1, -0.05) is 32.9 Å². The molecule has 1 amide bonds. The molecule has 0 saturated heterocycles. The Morgan fingerprint density at radius 2 is 2.00 bits per heavy atom. The Kier molecular flexibility index (Phi) is 3.23. The number of aromatic nitrogens is 2. The SMILES string of the molecule is CC(C)(C)C(=O)N1CCc2cc(-c3cn4ccccc4n3)ccc21. The van der Waals surface area contributed by atoms with Gasteiger partial charge in [0.05, 0.1) is 5.69 Å². The van der Waals surface area contributed by atoms with E-state index >= 15 is 0 Å². The van der Waals surface area contributed by atoms with Crippen LogP contribution in [-0.4, -0.2) is 21.8 Å². The third-order valence-electron chi connectivity index (χ3n) is 4.52. The normalized spacial score (nSPS) is 14.2. The molecule has 2 aromatic heterocycles. The maximum absolute atomic E-state index is 12.6. The van der Waals surface area contributed by atoms with Crippen molar-refractivity contribution in [3.05, 3.63) is 54.4 Å². The molecule has 1 aliphatic rings. The molecule has 0 atom stereocenters. The van der Waals surface area contributed by atoms with E-state index in [2.05, 4.69) is 23.2 Å². The molecule has 3 heterocycles. The van der Waals surface area contributed by atoms with Crippen molar-refractivity contribution in [2.24, 2.45) is 5.41 Å². The minimum absolute atomic E-state index is 0.182. The molecule has 0 saturated carbocycles. The summed E-state index contributed by atoms with van der Waals surface area (Å²) >= 11 is 0. The summed E-state index contributed by atoms with van der Waals surface area (Å²) in [6.07, 6.45) is 4.95. The minimum Gasteiger partial charge on any atom is -0.311 e. The van der Waals surface area contributed by atoms with E-state index in [4.69, 9.17) is 0 Å². The molecule has 4 heteroatoms. The summed E-state index contributed by atoms with van der Waals surface area (Å²) in [6, 6.07) is 12.3. The van der Waals surface area contributed by atoms with Gasteiger partial charge in [0.15, 0.2) is 0 Å². The standard InChI is InChI=1S/C20H21N3O/c1-20(2,3)19(24)23-11-9-15-12-14(7-8-17(15)23)16-13-22-10-5-4-6-18(22)21-16/h4-8,10,12-13H,9,11H2,1-3H3. The molecule has 0 N–H and O–H groups in total. The van der Waals surface area contributed by atoms with Gasteiger partial charge in [-0.15, -0.1) is 0 Å². The number of fused-ring (bicyclic) bond motifs is 2. The van der Waals surface area contributed by atoms with Crippen LogP contribution in [0.3, 0.4) is 0 Å². The molecule has 0 radical (unpaired) electrons. The molecule has 24 heavy (non-hydrogen) atoms. The van der Waals surface area contributed by atoms with Crippen LogP contribution in [0.5, 0.6) is 0 Å². The summed E-state index contributed by atoms with van der Waals surface area (Å²) in [5, 5.41) is 0. The molecule has 1 aromatic carbocycles. The largest absolute Gasteiger partial charge is 0.311 e. The lowest BCUT2D eigenvalue weighted by Crippen LogP contribution is -2.38. The number of benzene rings is 1. The molecular weight excluding hydrogens is 298 g/mol. The minimum atomic E-state index is -0.359. The van der Waals surface area contributed by atoms with Gasteiger partial charge in [-0.2, -0.15) is 0 Å². The Hall–Kier alpha value is -2.62. The molecule has 0 unspecified atom stereocenters. The van der Waals surface area contributed by atoms with E-state index in [0.29, 0.717) is 0 Å². The van der Waals surface area contributed by atoms with Crippen molar-refractivity contribution in [1.82, 2.24) is 9.38 Å². The summed E-state index contributed by atoms with van der Waals surface area (Å²) in [6.45, 7) is 6.68. The third-order valence-corrected chi connectivity index (χ3v) is 4.52. The van der Waals surface area contributed by atoms with Crippen LogP contribution in [0.4, 0.5) is 5.69 Å². The fourth-order valence-corrected chi connectivity index (χ4v) is 3.25. The number of anilines is 1. The van der Waals surface area contributed by atoms with Crippen LogP contribution < -0.4 is 4.90 Å². The molecule has 0 bridgehead atoms. The summed E-state index contributed by atoms with van der Waals surface area (Å²) in [7, 11) is 0. The highest BCUT2D eigenvalue weighted by Crippen LogP contribution is 2.34. The fraction of sp³-hybridized carbons (Fsp3) is 0.300. The summed E-state index contributed by atoms with van der Waals surface area (Å²) in [5.41, 5.74) is 4.91. The number of hydrogen-bond acceptors (Lipinski definition) is 2. The molecule has 0 spiro atoms. The second kappa shape index (κ2) is 5.20. The number of nitrogens with zero attached hydrogens (tertiary/aromatic N) is 3. The van der Waals surface area contributed by atoms with Crippen molar-refractivity contribution in [1.29, 1.82) is 0 Å². The Labute approximate surface area is 141 Å². The van der Waals surface area contributed by atoms with Crippen molar-refractivity contribution in [3.63, 3.8) is 0 Å². The van der Waals surface area contributed by atoms with Crippen molar-refractivity contribution in [2.75, 3.05) is 11.4 Å². The Morgan fingerprint density at radius 3 is 2.75 bits per heavy atom. The van der Waals surface area contributed by atoms with Crippen molar-refractivity contribution >= 4 is 17.2 Å². The molecule has 3 aromatic rings. The first kappa shape index (κ1) is 14.9. The van der Waals surface area contributed by atoms with Gasteiger partial charge in [-0.3, -0.25) is 4.79 Å². The van der Waals surface area contributed by atoms with Crippen LogP contribution in [0, 0.1) is 5.41 Å². The van der Waals surface area contributed by atoms with Gasteiger partial charge in [0.1, 0.15) is 5.65 Å². The first-order valence-electron chi connectivity index (χ1n) is 8.32. The lowest BCUT2D eigenvalue weighted by atomic mass is 9.94. The number of amides is 1. The second-order valence-electron chi connectivity index (χ2n) is 7.39. The van der Waals surface area contributed by atoms with Gasteiger partial charge in [0.2, 0.25) is 5.91 Å². The fourth-order valence-electron chi connectivity index (χ4n) is 3.25. The highest BCUT2D eigenvalue weighted by molar-refractivity contribution is 5.99. The molecule has 4 rings (SSSR count). The number of carbonyl (C=O) groups is 1. The smallest absolute Gasteiger partial charge is 0.232 e. The summed E-state index contributed by atoms with van der Waals surface area (Å²) < 4.78 is 2.03. The molecule has 4 nitrogen and oxygen atoms in total.